The summed E-state index contributed by atoms with van der Waals surface area (Å²) in [5.41, 5.74) is 5.36. The highest BCUT2D eigenvalue weighted by Crippen LogP contribution is 2.35. The number of carbonyl (C=O) groups excluding carboxylic acids is 1. The Labute approximate surface area is 206 Å². The SMILES string of the molecule is COc1ccc(OCCCn2c([C@H]3CC(=O)N(c4cc(C)ccc4C)C3)nc3ccccc32)cc1. The Hall–Kier alpha value is -3.80. The van der Waals surface area contributed by atoms with E-state index in [1.807, 2.05) is 47.4 Å². The molecule has 1 aliphatic rings. The molecule has 2 heterocycles. The average Bonchev–Trinajstić information content (AvgIpc) is 3.44. The fourth-order valence-electron chi connectivity index (χ4n) is 4.85. The molecular weight excluding hydrogens is 438 g/mol. The van der Waals surface area contributed by atoms with Crippen LogP contribution in [0.4, 0.5) is 5.69 Å². The van der Waals surface area contributed by atoms with Crippen LogP contribution in [0.25, 0.3) is 11.0 Å². The number of methoxy groups -OCH3 is 1. The molecule has 35 heavy (non-hydrogen) atoms. The third kappa shape index (κ3) is 4.74. The number of benzene rings is 3. The number of carbonyl (C=O) groups is 1. The van der Waals surface area contributed by atoms with Gasteiger partial charge in [0, 0.05) is 31.1 Å². The van der Waals surface area contributed by atoms with Crippen molar-refractivity contribution in [3.8, 4) is 11.5 Å². The minimum atomic E-state index is 0.0531. The van der Waals surface area contributed by atoms with Crippen LogP contribution in [-0.4, -0.2) is 35.7 Å². The first-order chi connectivity index (χ1) is 17.0. The van der Waals surface area contributed by atoms with E-state index in [0.717, 1.165) is 58.1 Å². The van der Waals surface area contributed by atoms with Crippen LogP contribution in [0.15, 0.2) is 66.7 Å². The number of aryl methyl sites for hydroxylation is 3. The van der Waals surface area contributed by atoms with Crippen LogP contribution >= 0.6 is 0 Å². The molecular formula is C29H31N3O3. The van der Waals surface area contributed by atoms with E-state index in [2.05, 4.69) is 42.7 Å². The monoisotopic (exact) mass is 469 g/mol. The molecule has 0 N–H and O–H groups in total. The zero-order valence-electron chi connectivity index (χ0n) is 20.5. The molecule has 180 valence electrons. The van der Waals surface area contributed by atoms with E-state index in [-0.39, 0.29) is 11.8 Å². The summed E-state index contributed by atoms with van der Waals surface area (Å²) in [5.74, 6) is 2.83. The molecule has 0 saturated carbocycles. The highest BCUT2D eigenvalue weighted by atomic mass is 16.5. The molecule has 6 heteroatoms. The number of nitrogens with zero attached hydrogens (tertiary/aromatic N) is 3. The first kappa shape index (κ1) is 23.0. The summed E-state index contributed by atoms with van der Waals surface area (Å²) in [5, 5.41) is 0. The molecule has 1 aromatic heterocycles. The number of amides is 1. The van der Waals surface area contributed by atoms with Crippen LogP contribution in [0.3, 0.4) is 0 Å². The van der Waals surface area contributed by atoms with E-state index in [9.17, 15) is 4.79 Å². The van der Waals surface area contributed by atoms with Crippen molar-refractivity contribution in [3.05, 3.63) is 83.7 Å². The highest BCUT2D eigenvalue weighted by Gasteiger charge is 2.35. The summed E-state index contributed by atoms with van der Waals surface area (Å²) in [4.78, 5) is 20.0. The summed E-state index contributed by atoms with van der Waals surface area (Å²) < 4.78 is 13.4. The van der Waals surface area contributed by atoms with Gasteiger partial charge >= 0.3 is 0 Å². The average molecular weight is 470 g/mol. The number of anilines is 1. The number of para-hydroxylation sites is 2. The Balaban J connectivity index is 1.34. The number of rotatable bonds is 8. The van der Waals surface area contributed by atoms with Crippen molar-refractivity contribution in [1.82, 2.24) is 9.55 Å². The number of fused-ring (bicyclic) bond motifs is 1. The lowest BCUT2D eigenvalue weighted by Crippen LogP contribution is -2.25. The smallest absolute Gasteiger partial charge is 0.227 e. The maximum Gasteiger partial charge on any atom is 0.227 e. The van der Waals surface area contributed by atoms with Crippen molar-refractivity contribution in [2.24, 2.45) is 0 Å². The van der Waals surface area contributed by atoms with Crippen LogP contribution in [0.1, 0.15) is 35.7 Å². The largest absolute Gasteiger partial charge is 0.497 e. The van der Waals surface area contributed by atoms with Gasteiger partial charge in [-0.3, -0.25) is 4.79 Å². The Morgan fingerprint density at radius 3 is 2.57 bits per heavy atom. The fraction of sp³-hybridized carbons (Fsp3) is 0.310. The molecule has 6 nitrogen and oxygen atoms in total. The summed E-state index contributed by atoms with van der Waals surface area (Å²) >= 11 is 0. The molecule has 1 aliphatic heterocycles. The second-order valence-electron chi connectivity index (χ2n) is 9.18. The minimum Gasteiger partial charge on any atom is -0.497 e. The maximum atomic E-state index is 13.1. The van der Waals surface area contributed by atoms with Crippen LogP contribution in [-0.2, 0) is 11.3 Å². The molecule has 0 unspecified atom stereocenters. The molecule has 0 radical (unpaired) electrons. The summed E-state index contributed by atoms with van der Waals surface area (Å²) in [6, 6.07) is 22.1. The highest BCUT2D eigenvalue weighted by molar-refractivity contribution is 5.97. The van der Waals surface area contributed by atoms with Gasteiger partial charge in [0.2, 0.25) is 5.91 Å². The molecule has 1 atom stereocenters. The topological polar surface area (TPSA) is 56.6 Å². The molecule has 1 saturated heterocycles. The summed E-state index contributed by atoms with van der Waals surface area (Å²) in [6.45, 7) is 6.15. The van der Waals surface area contributed by atoms with E-state index in [1.165, 1.54) is 0 Å². The molecule has 0 bridgehead atoms. The fourth-order valence-corrected chi connectivity index (χ4v) is 4.85. The van der Waals surface area contributed by atoms with E-state index in [0.29, 0.717) is 19.6 Å². The Morgan fingerprint density at radius 2 is 1.77 bits per heavy atom. The van der Waals surface area contributed by atoms with Crippen LogP contribution in [0, 0.1) is 13.8 Å². The van der Waals surface area contributed by atoms with Gasteiger partial charge in [-0.1, -0.05) is 24.3 Å². The van der Waals surface area contributed by atoms with Gasteiger partial charge in [-0.25, -0.2) is 4.98 Å². The van der Waals surface area contributed by atoms with E-state index in [1.54, 1.807) is 7.11 Å². The Morgan fingerprint density at radius 1 is 1.00 bits per heavy atom. The first-order valence-electron chi connectivity index (χ1n) is 12.1. The van der Waals surface area contributed by atoms with Gasteiger partial charge in [-0.2, -0.15) is 0 Å². The maximum absolute atomic E-state index is 13.1. The van der Waals surface area contributed by atoms with Crippen molar-refractivity contribution >= 4 is 22.6 Å². The van der Waals surface area contributed by atoms with Gasteiger partial charge in [-0.15, -0.1) is 0 Å². The van der Waals surface area contributed by atoms with Crippen LogP contribution in [0.5, 0.6) is 11.5 Å². The van der Waals surface area contributed by atoms with Gasteiger partial charge in [0.05, 0.1) is 24.8 Å². The van der Waals surface area contributed by atoms with Crippen molar-refractivity contribution in [2.45, 2.75) is 39.2 Å². The van der Waals surface area contributed by atoms with Crippen LogP contribution in [0.2, 0.25) is 0 Å². The minimum absolute atomic E-state index is 0.0531. The van der Waals surface area contributed by atoms with Gasteiger partial charge in [0.25, 0.3) is 0 Å². The number of ether oxygens (including phenoxy) is 2. The van der Waals surface area contributed by atoms with Crippen molar-refractivity contribution in [2.75, 3.05) is 25.2 Å². The van der Waals surface area contributed by atoms with Crippen molar-refractivity contribution < 1.29 is 14.3 Å². The predicted molar refractivity (Wildman–Crippen MR) is 138 cm³/mol. The quantitative estimate of drug-likeness (QED) is 0.313. The zero-order chi connectivity index (χ0) is 24.4. The normalized spacial score (nSPS) is 15.7. The number of hydrogen-bond donors (Lipinski definition) is 0. The second kappa shape index (κ2) is 9.82. The summed E-state index contributed by atoms with van der Waals surface area (Å²) in [6.07, 6.45) is 1.31. The standard InChI is InChI=1S/C29H31N3O3/c1-20-9-10-21(2)27(17-20)32-19-22(18-28(32)33)29-30-25-7-4-5-8-26(25)31(29)15-6-16-35-24-13-11-23(34-3)12-14-24/h4-5,7-14,17,22H,6,15-16,18-19H2,1-3H3/t22-/m0/s1. The van der Waals surface area contributed by atoms with E-state index < -0.39 is 0 Å². The first-order valence-corrected chi connectivity index (χ1v) is 12.1. The third-order valence-electron chi connectivity index (χ3n) is 6.68. The van der Waals surface area contributed by atoms with Crippen molar-refractivity contribution in [3.63, 3.8) is 0 Å². The lowest BCUT2D eigenvalue weighted by atomic mass is 10.1. The van der Waals surface area contributed by atoms with Crippen LogP contribution < -0.4 is 14.4 Å². The molecule has 5 rings (SSSR count). The molecule has 0 aliphatic carbocycles. The lowest BCUT2D eigenvalue weighted by Gasteiger charge is -2.20. The van der Waals surface area contributed by atoms with E-state index >= 15 is 0 Å². The number of hydrogen-bond acceptors (Lipinski definition) is 4. The zero-order valence-corrected chi connectivity index (χ0v) is 20.5. The van der Waals surface area contributed by atoms with Gasteiger partial charge < -0.3 is 18.9 Å². The van der Waals surface area contributed by atoms with Crippen molar-refractivity contribution in [1.29, 1.82) is 0 Å². The molecule has 1 fully saturated rings. The second-order valence-corrected chi connectivity index (χ2v) is 9.18. The van der Waals surface area contributed by atoms with Gasteiger partial charge in [0.15, 0.2) is 0 Å². The predicted octanol–water partition coefficient (Wildman–Crippen LogP) is 5.65. The van der Waals surface area contributed by atoms with E-state index in [4.69, 9.17) is 14.5 Å². The molecule has 4 aromatic rings. The van der Waals surface area contributed by atoms with Gasteiger partial charge in [-0.05, 0) is 73.9 Å². The number of imidazole rings is 1. The molecule has 0 spiro atoms. The third-order valence-corrected chi connectivity index (χ3v) is 6.68. The summed E-state index contributed by atoms with van der Waals surface area (Å²) in [7, 11) is 1.65. The lowest BCUT2D eigenvalue weighted by molar-refractivity contribution is -0.117. The number of aromatic nitrogens is 2. The molecule has 3 aromatic carbocycles. The molecule has 1 amide bonds. The van der Waals surface area contributed by atoms with Gasteiger partial charge in [0.1, 0.15) is 17.3 Å². The Bertz CT molecular complexity index is 1340. The Kier molecular flexibility index (Phi) is 6.45.